The molecule has 1 aromatic carbocycles. The van der Waals surface area contributed by atoms with Crippen molar-refractivity contribution in [1.29, 1.82) is 0 Å². The Morgan fingerprint density at radius 3 is 2.74 bits per heavy atom. The first-order valence-corrected chi connectivity index (χ1v) is 6.60. The molecule has 100 valence electrons. The van der Waals surface area contributed by atoms with Crippen molar-refractivity contribution in [2.45, 2.75) is 12.6 Å². The first-order chi connectivity index (χ1) is 9.25. The van der Waals surface area contributed by atoms with Crippen LogP contribution in [0.2, 0.25) is 0 Å². The van der Waals surface area contributed by atoms with E-state index in [1.807, 2.05) is 30.3 Å². The summed E-state index contributed by atoms with van der Waals surface area (Å²) in [6.07, 6.45) is 0. The van der Waals surface area contributed by atoms with Gasteiger partial charge < -0.3 is 15.1 Å². The standard InChI is InChI=1S/C14H17N3O2/c18-13-14(19)17-7-6-15-8-12(17)10-16(13)9-11-4-2-1-3-5-11/h1-5,12,15H,6-10H2. The topological polar surface area (TPSA) is 52.7 Å². The Kier molecular flexibility index (Phi) is 3.21. The molecule has 1 unspecified atom stereocenters. The zero-order valence-corrected chi connectivity index (χ0v) is 10.7. The van der Waals surface area contributed by atoms with Gasteiger partial charge in [0.1, 0.15) is 0 Å². The zero-order chi connectivity index (χ0) is 13.2. The van der Waals surface area contributed by atoms with E-state index in [0.717, 1.165) is 18.7 Å². The molecule has 0 bridgehead atoms. The highest BCUT2D eigenvalue weighted by Crippen LogP contribution is 2.16. The van der Waals surface area contributed by atoms with Crippen LogP contribution in [0, 0.1) is 0 Å². The van der Waals surface area contributed by atoms with Crippen molar-refractivity contribution in [3.8, 4) is 0 Å². The molecule has 19 heavy (non-hydrogen) atoms. The van der Waals surface area contributed by atoms with E-state index >= 15 is 0 Å². The van der Waals surface area contributed by atoms with Crippen molar-refractivity contribution < 1.29 is 9.59 Å². The maximum absolute atomic E-state index is 12.1. The molecule has 2 saturated heterocycles. The summed E-state index contributed by atoms with van der Waals surface area (Å²) in [5.41, 5.74) is 1.06. The van der Waals surface area contributed by atoms with Gasteiger partial charge in [0.05, 0.1) is 6.04 Å². The zero-order valence-electron chi connectivity index (χ0n) is 10.7. The maximum atomic E-state index is 12.1. The smallest absolute Gasteiger partial charge is 0.312 e. The second kappa shape index (κ2) is 5.01. The Morgan fingerprint density at radius 1 is 1.16 bits per heavy atom. The third-order valence-corrected chi connectivity index (χ3v) is 3.73. The van der Waals surface area contributed by atoms with E-state index < -0.39 is 0 Å². The molecular weight excluding hydrogens is 242 g/mol. The normalized spacial score (nSPS) is 23.5. The predicted molar refractivity (Wildman–Crippen MR) is 70.2 cm³/mol. The highest BCUT2D eigenvalue weighted by molar-refractivity contribution is 6.35. The first-order valence-electron chi connectivity index (χ1n) is 6.60. The van der Waals surface area contributed by atoms with Crippen LogP contribution in [0.4, 0.5) is 0 Å². The van der Waals surface area contributed by atoms with Gasteiger partial charge >= 0.3 is 11.8 Å². The van der Waals surface area contributed by atoms with E-state index in [1.165, 1.54) is 0 Å². The average Bonchev–Trinajstić information content (AvgIpc) is 2.46. The van der Waals surface area contributed by atoms with Crippen LogP contribution in [0.25, 0.3) is 0 Å². The molecule has 1 aromatic rings. The summed E-state index contributed by atoms with van der Waals surface area (Å²) in [4.78, 5) is 27.5. The lowest BCUT2D eigenvalue weighted by atomic mass is 10.1. The fourth-order valence-electron chi connectivity index (χ4n) is 2.73. The van der Waals surface area contributed by atoms with Crippen molar-refractivity contribution >= 4 is 11.8 Å². The van der Waals surface area contributed by atoms with Crippen LogP contribution in [-0.4, -0.2) is 53.8 Å². The molecule has 2 fully saturated rings. The molecule has 3 rings (SSSR count). The molecule has 1 atom stereocenters. The summed E-state index contributed by atoms with van der Waals surface area (Å²) in [7, 11) is 0. The van der Waals surface area contributed by atoms with E-state index in [1.54, 1.807) is 9.80 Å². The Labute approximate surface area is 112 Å². The number of amides is 2. The van der Waals surface area contributed by atoms with Gasteiger partial charge in [0.25, 0.3) is 0 Å². The van der Waals surface area contributed by atoms with E-state index in [2.05, 4.69) is 5.32 Å². The SMILES string of the molecule is O=C1C(=O)N2CCNCC2CN1Cc1ccccc1. The van der Waals surface area contributed by atoms with E-state index in [-0.39, 0.29) is 17.9 Å². The van der Waals surface area contributed by atoms with Crippen molar-refractivity contribution in [2.24, 2.45) is 0 Å². The highest BCUT2D eigenvalue weighted by Gasteiger charge is 2.39. The van der Waals surface area contributed by atoms with Crippen LogP contribution in [0.15, 0.2) is 30.3 Å². The van der Waals surface area contributed by atoms with Gasteiger partial charge in [-0.05, 0) is 5.56 Å². The number of hydrogen-bond acceptors (Lipinski definition) is 3. The number of nitrogens with one attached hydrogen (secondary N) is 1. The first kappa shape index (κ1) is 12.2. The van der Waals surface area contributed by atoms with Crippen molar-refractivity contribution in [3.05, 3.63) is 35.9 Å². The van der Waals surface area contributed by atoms with Crippen molar-refractivity contribution in [1.82, 2.24) is 15.1 Å². The van der Waals surface area contributed by atoms with Crippen LogP contribution in [0.3, 0.4) is 0 Å². The fourth-order valence-corrected chi connectivity index (χ4v) is 2.73. The molecule has 5 nitrogen and oxygen atoms in total. The van der Waals surface area contributed by atoms with Crippen LogP contribution in [-0.2, 0) is 16.1 Å². The van der Waals surface area contributed by atoms with Gasteiger partial charge in [-0.2, -0.15) is 0 Å². The minimum absolute atomic E-state index is 0.114. The summed E-state index contributed by atoms with van der Waals surface area (Å²) in [5.74, 6) is -0.726. The van der Waals surface area contributed by atoms with Gasteiger partial charge in [-0.25, -0.2) is 0 Å². The molecule has 0 spiro atoms. The number of benzene rings is 1. The molecule has 0 saturated carbocycles. The van der Waals surface area contributed by atoms with Gasteiger partial charge in [-0.15, -0.1) is 0 Å². The number of carbonyl (C=O) groups excluding carboxylic acids is 2. The van der Waals surface area contributed by atoms with E-state index in [0.29, 0.717) is 19.6 Å². The fraction of sp³-hybridized carbons (Fsp3) is 0.429. The second-order valence-corrected chi connectivity index (χ2v) is 5.03. The Morgan fingerprint density at radius 2 is 1.95 bits per heavy atom. The molecule has 5 heteroatoms. The van der Waals surface area contributed by atoms with Gasteiger partial charge in [-0.3, -0.25) is 9.59 Å². The van der Waals surface area contributed by atoms with Gasteiger partial charge in [0.15, 0.2) is 0 Å². The van der Waals surface area contributed by atoms with Gasteiger partial charge in [-0.1, -0.05) is 30.3 Å². The Balaban J connectivity index is 1.75. The number of rotatable bonds is 2. The third-order valence-electron chi connectivity index (χ3n) is 3.73. The summed E-state index contributed by atoms with van der Waals surface area (Å²) >= 11 is 0. The lowest BCUT2D eigenvalue weighted by Crippen LogP contribution is -2.65. The van der Waals surface area contributed by atoms with E-state index in [4.69, 9.17) is 0 Å². The van der Waals surface area contributed by atoms with Gasteiger partial charge in [0.2, 0.25) is 0 Å². The summed E-state index contributed by atoms with van der Waals surface area (Å²) in [6.45, 7) is 3.30. The second-order valence-electron chi connectivity index (χ2n) is 5.03. The van der Waals surface area contributed by atoms with E-state index in [9.17, 15) is 9.59 Å². The van der Waals surface area contributed by atoms with Crippen molar-refractivity contribution in [3.63, 3.8) is 0 Å². The monoisotopic (exact) mass is 259 g/mol. The Bertz CT molecular complexity index is 489. The molecular formula is C14H17N3O2. The van der Waals surface area contributed by atoms with Gasteiger partial charge in [0, 0.05) is 32.7 Å². The molecule has 2 aliphatic rings. The van der Waals surface area contributed by atoms with Crippen LogP contribution in [0.5, 0.6) is 0 Å². The van der Waals surface area contributed by atoms with Crippen LogP contribution in [0.1, 0.15) is 5.56 Å². The van der Waals surface area contributed by atoms with Crippen LogP contribution < -0.4 is 5.32 Å². The minimum atomic E-state index is -0.373. The molecule has 2 aliphatic heterocycles. The predicted octanol–water partition coefficient (Wildman–Crippen LogP) is -0.171. The number of carbonyl (C=O) groups is 2. The molecule has 2 heterocycles. The summed E-state index contributed by atoms with van der Waals surface area (Å²) in [5, 5.41) is 3.27. The largest absolute Gasteiger partial charge is 0.328 e. The number of nitrogens with zero attached hydrogens (tertiary/aromatic N) is 2. The van der Waals surface area contributed by atoms with Crippen LogP contribution >= 0.6 is 0 Å². The minimum Gasteiger partial charge on any atom is -0.328 e. The summed E-state index contributed by atoms with van der Waals surface area (Å²) in [6, 6.07) is 9.90. The molecule has 2 amide bonds. The average molecular weight is 259 g/mol. The molecule has 0 aliphatic carbocycles. The molecule has 1 N–H and O–H groups in total. The quantitative estimate of drug-likeness (QED) is 0.750. The Hall–Kier alpha value is -1.88. The summed E-state index contributed by atoms with van der Waals surface area (Å²) < 4.78 is 0. The van der Waals surface area contributed by atoms with Crippen molar-refractivity contribution in [2.75, 3.05) is 26.2 Å². The number of piperazine rings is 2. The molecule has 0 radical (unpaired) electrons. The third kappa shape index (κ3) is 2.33. The maximum Gasteiger partial charge on any atom is 0.312 e. The lowest BCUT2D eigenvalue weighted by molar-refractivity contribution is -0.160. The number of fused-ring (bicyclic) bond motifs is 1. The molecule has 0 aromatic heterocycles. The highest BCUT2D eigenvalue weighted by atomic mass is 16.2. The number of hydrogen-bond donors (Lipinski definition) is 1. The lowest BCUT2D eigenvalue weighted by Gasteiger charge is -2.43.